The van der Waals surface area contributed by atoms with Crippen LogP contribution in [-0.4, -0.2) is 49.4 Å². The van der Waals surface area contributed by atoms with Gasteiger partial charge in [-0.1, -0.05) is 19.1 Å². The second-order valence-corrected chi connectivity index (χ2v) is 10.1. The molecule has 1 atom stereocenters. The van der Waals surface area contributed by atoms with Crippen LogP contribution in [0, 0.1) is 0 Å². The van der Waals surface area contributed by atoms with Crippen LogP contribution in [0.4, 0.5) is 13.2 Å². The van der Waals surface area contributed by atoms with Crippen molar-refractivity contribution in [2.75, 3.05) is 25.2 Å². The zero-order valence-electron chi connectivity index (χ0n) is 18.9. The first-order chi connectivity index (χ1) is 16.4. The number of hydrogen-bond donors (Lipinski definition) is 1. The van der Waals surface area contributed by atoms with Gasteiger partial charge in [0.25, 0.3) is 5.56 Å². The summed E-state index contributed by atoms with van der Waals surface area (Å²) in [7, 11) is -1.98. The van der Waals surface area contributed by atoms with Crippen LogP contribution in [0.1, 0.15) is 12.5 Å². The van der Waals surface area contributed by atoms with Crippen LogP contribution < -0.4 is 15.0 Å². The number of aromatic nitrogens is 1. The van der Waals surface area contributed by atoms with Gasteiger partial charge in [0.1, 0.15) is 12.7 Å². The fraction of sp³-hybridized carbons (Fsp3) is 0.292. The van der Waals surface area contributed by atoms with Crippen molar-refractivity contribution in [3.63, 3.8) is 0 Å². The average Bonchev–Trinajstić information content (AvgIpc) is 2.82. The van der Waals surface area contributed by atoms with E-state index in [0.29, 0.717) is 16.8 Å². The Hall–Kier alpha value is -3.31. The number of hydrogen-bond acceptors (Lipinski definition) is 6. The molecule has 0 aliphatic heterocycles. The maximum atomic E-state index is 12.8. The normalized spacial score (nSPS) is 12.9. The summed E-state index contributed by atoms with van der Waals surface area (Å²) < 4.78 is 73.7. The van der Waals surface area contributed by atoms with Gasteiger partial charge in [0, 0.05) is 24.1 Å². The van der Waals surface area contributed by atoms with Crippen molar-refractivity contribution in [2.45, 2.75) is 19.2 Å². The summed E-state index contributed by atoms with van der Waals surface area (Å²) in [6.45, 7) is 1.22. The van der Waals surface area contributed by atoms with Crippen molar-refractivity contribution >= 4 is 9.84 Å². The van der Waals surface area contributed by atoms with Crippen molar-refractivity contribution < 1.29 is 36.2 Å². The third kappa shape index (κ3) is 6.64. The molecule has 11 heteroatoms. The van der Waals surface area contributed by atoms with E-state index in [1.54, 1.807) is 12.1 Å². The highest BCUT2D eigenvalue weighted by Gasteiger charge is 2.30. The molecule has 3 aromatic rings. The predicted molar refractivity (Wildman–Crippen MR) is 125 cm³/mol. The average molecular weight is 512 g/mol. The summed E-state index contributed by atoms with van der Waals surface area (Å²) in [5.74, 6) is -0.00983. The van der Waals surface area contributed by atoms with Gasteiger partial charge in [0.05, 0.1) is 24.1 Å². The highest BCUT2D eigenvalue weighted by atomic mass is 32.2. The maximum Gasteiger partial charge on any atom is 0.416 e. The Morgan fingerprint density at radius 3 is 2.26 bits per heavy atom. The number of methoxy groups -OCH3 is 1. The molecule has 1 aromatic heterocycles. The number of sulfone groups is 1. The first-order valence-electron chi connectivity index (χ1n) is 10.5. The Morgan fingerprint density at radius 1 is 1.00 bits per heavy atom. The zero-order chi connectivity index (χ0) is 25.8. The van der Waals surface area contributed by atoms with Gasteiger partial charge >= 0.3 is 6.18 Å². The van der Waals surface area contributed by atoms with Crippen LogP contribution in [0.15, 0.2) is 65.6 Å². The summed E-state index contributed by atoms with van der Waals surface area (Å²) in [6.07, 6.45) is -4.17. The summed E-state index contributed by atoms with van der Waals surface area (Å²) in [6, 6.07) is 12.1. The Balaban J connectivity index is 1.79. The standard InChI is InChI=1S/C24H24F3NO6S/c1-3-35(31,32)15-20(29)14-34-21-9-8-19(13-22(21)33-2)28-11-10-17(12-23(28)30)16-4-6-18(7-5-16)24(25,26)27/h4-13,20,29H,3,14-15H2,1-2H3/t20-/m1/s1. The van der Waals surface area contributed by atoms with Gasteiger partial charge < -0.3 is 14.6 Å². The Morgan fingerprint density at radius 2 is 1.69 bits per heavy atom. The van der Waals surface area contributed by atoms with E-state index >= 15 is 0 Å². The summed E-state index contributed by atoms with van der Waals surface area (Å²) in [5.41, 5.74) is 0.171. The molecule has 35 heavy (non-hydrogen) atoms. The van der Waals surface area contributed by atoms with Crippen molar-refractivity contribution in [3.05, 3.63) is 76.7 Å². The lowest BCUT2D eigenvalue weighted by molar-refractivity contribution is -0.137. The second-order valence-electron chi connectivity index (χ2n) is 7.70. The third-order valence-electron chi connectivity index (χ3n) is 5.21. The largest absolute Gasteiger partial charge is 0.493 e. The number of aliphatic hydroxyl groups is 1. The van der Waals surface area contributed by atoms with E-state index in [1.807, 2.05) is 0 Å². The lowest BCUT2D eigenvalue weighted by atomic mass is 10.0. The molecule has 0 bridgehead atoms. The first kappa shape index (κ1) is 26.3. The number of rotatable bonds is 9. The molecule has 0 amide bonds. The molecule has 1 heterocycles. The molecule has 0 fully saturated rings. The number of nitrogens with zero attached hydrogens (tertiary/aromatic N) is 1. The van der Waals surface area contributed by atoms with E-state index < -0.39 is 39.0 Å². The minimum absolute atomic E-state index is 0.0888. The summed E-state index contributed by atoms with van der Waals surface area (Å²) in [4.78, 5) is 12.7. The fourth-order valence-electron chi connectivity index (χ4n) is 3.29. The molecule has 0 radical (unpaired) electrons. The van der Waals surface area contributed by atoms with Gasteiger partial charge in [-0.15, -0.1) is 0 Å². The second kappa shape index (κ2) is 10.5. The smallest absolute Gasteiger partial charge is 0.416 e. The van der Waals surface area contributed by atoms with E-state index in [0.717, 1.165) is 12.1 Å². The van der Waals surface area contributed by atoms with Crippen LogP contribution in [-0.2, 0) is 16.0 Å². The van der Waals surface area contributed by atoms with Crippen LogP contribution in [0.5, 0.6) is 11.5 Å². The minimum atomic E-state index is -4.44. The number of halogens is 3. The van der Waals surface area contributed by atoms with Crippen LogP contribution >= 0.6 is 0 Å². The number of benzene rings is 2. The van der Waals surface area contributed by atoms with Crippen LogP contribution in [0.2, 0.25) is 0 Å². The number of alkyl halides is 3. The van der Waals surface area contributed by atoms with Crippen molar-refractivity contribution in [3.8, 4) is 28.3 Å². The molecule has 0 aliphatic carbocycles. The van der Waals surface area contributed by atoms with Gasteiger partial charge in [-0.3, -0.25) is 9.36 Å². The molecule has 3 rings (SSSR count). The van der Waals surface area contributed by atoms with Gasteiger partial charge in [0.2, 0.25) is 0 Å². The topological polar surface area (TPSA) is 94.8 Å². The number of aliphatic hydroxyl groups excluding tert-OH is 1. The molecular weight excluding hydrogens is 487 g/mol. The molecule has 2 aromatic carbocycles. The Bertz CT molecular complexity index is 1330. The van der Waals surface area contributed by atoms with E-state index in [9.17, 15) is 31.5 Å². The molecule has 188 valence electrons. The van der Waals surface area contributed by atoms with Crippen molar-refractivity contribution in [1.82, 2.24) is 4.57 Å². The van der Waals surface area contributed by atoms with Gasteiger partial charge in [0.15, 0.2) is 21.3 Å². The van der Waals surface area contributed by atoms with Crippen LogP contribution in [0.25, 0.3) is 16.8 Å². The van der Waals surface area contributed by atoms with Gasteiger partial charge in [-0.25, -0.2) is 8.42 Å². The summed E-state index contributed by atoms with van der Waals surface area (Å²) in [5, 5.41) is 9.94. The SMILES string of the molecule is CCS(=O)(=O)C[C@H](O)COc1ccc(-n2ccc(-c3ccc(C(F)(F)F)cc3)cc2=O)cc1OC. The van der Waals surface area contributed by atoms with Gasteiger partial charge in [-0.05, 0) is 41.5 Å². The number of ether oxygens (including phenoxy) is 2. The molecule has 7 nitrogen and oxygen atoms in total. The minimum Gasteiger partial charge on any atom is -0.493 e. The molecule has 0 spiro atoms. The Labute approximate surface area is 200 Å². The van der Waals surface area contributed by atoms with Crippen molar-refractivity contribution in [2.24, 2.45) is 0 Å². The van der Waals surface area contributed by atoms with Crippen LogP contribution in [0.3, 0.4) is 0 Å². The first-order valence-corrected chi connectivity index (χ1v) is 12.4. The monoisotopic (exact) mass is 511 g/mol. The zero-order valence-corrected chi connectivity index (χ0v) is 19.8. The van der Waals surface area contributed by atoms with E-state index in [4.69, 9.17) is 9.47 Å². The molecule has 0 aliphatic rings. The highest BCUT2D eigenvalue weighted by molar-refractivity contribution is 7.91. The fourth-order valence-corrected chi connectivity index (χ4v) is 4.21. The van der Waals surface area contributed by atoms with Crippen molar-refractivity contribution in [1.29, 1.82) is 0 Å². The van der Waals surface area contributed by atoms with Gasteiger partial charge in [-0.2, -0.15) is 13.2 Å². The Kier molecular flexibility index (Phi) is 7.91. The molecule has 0 unspecified atom stereocenters. The molecule has 0 saturated carbocycles. The molecule has 0 saturated heterocycles. The third-order valence-corrected chi connectivity index (χ3v) is 6.98. The quantitative estimate of drug-likeness (QED) is 0.471. The summed E-state index contributed by atoms with van der Waals surface area (Å²) >= 11 is 0. The van der Waals surface area contributed by atoms with E-state index in [-0.39, 0.29) is 23.9 Å². The predicted octanol–water partition coefficient (Wildman–Crippen LogP) is 3.71. The van der Waals surface area contributed by atoms with E-state index in [1.165, 1.54) is 55.1 Å². The maximum absolute atomic E-state index is 12.8. The molecule has 1 N–H and O–H groups in total. The lowest BCUT2D eigenvalue weighted by Crippen LogP contribution is -2.28. The van der Waals surface area contributed by atoms with E-state index in [2.05, 4.69) is 0 Å². The highest BCUT2D eigenvalue weighted by Crippen LogP contribution is 2.31. The number of pyridine rings is 1. The lowest BCUT2D eigenvalue weighted by Gasteiger charge is -2.16. The molecular formula is C24H24F3NO6S.